The molecule has 1 aromatic carbocycles. The van der Waals surface area contributed by atoms with Crippen LogP contribution in [-0.2, 0) is 11.3 Å². The van der Waals surface area contributed by atoms with Crippen LogP contribution in [0.4, 0.5) is 0 Å². The first-order valence-electron chi connectivity index (χ1n) is 9.69. The Morgan fingerprint density at radius 3 is 2.61 bits per heavy atom. The Kier molecular flexibility index (Phi) is 6.54. The number of guanidine groups is 1. The number of halogens is 1. The summed E-state index contributed by atoms with van der Waals surface area (Å²) >= 11 is 6.31. The third-order valence-electron chi connectivity index (χ3n) is 5.35. The molecule has 8 heteroatoms. The minimum Gasteiger partial charge on any atom is -0.486 e. The fraction of sp³-hybridized carbons (Fsp3) is 0.600. The zero-order valence-corrected chi connectivity index (χ0v) is 17.6. The number of amides is 1. The van der Waals surface area contributed by atoms with Crippen LogP contribution in [0.2, 0.25) is 5.02 Å². The summed E-state index contributed by atoms with van der Waals surface area (Å²) in [5.41, 5.74) is 0.624. The lowest BCUT2D eigenvalue weighted by Crippen LogP contribution is -2.49. The van der Waals surface area contributed by atoms with Gasteiger partial charge >= 0.3 is 0 Å². The number of carbonyl (C=O) groups is 1. The summed E-state index contributed by atoms with van der Waals surface area (Å²) in [6.45, 7) is 2.13. The molecule has 0 atom stereocenters. The molecule has 0 aromatic heterocycles. The topological polar surface area (TPSA) is 75.2 Å². The van der Waals surface area contributed by atoms with Gasteiger partial charge in [0.2, 0.25) is 5.91 Å². The Morgan fingerprint density at radius 1 is 1.21 bits per heavy atom. The van der Waals surface area contributed by atoms with E-state index in [1.165, 1.54) is 0 Å². The van der Waals surface area contributed by atoms with Crippen LogP contribution in [0.25, 0.3) is 0 Å². The number of rotatable bonds is 5. The molecule has 0 radical (unpaired) electrons. The first-order valence-corrected chi connectivity index (χ1v) is 10.1. The van der Waals surface area contributed by atoms with Gasteiger partial charge in [-0.2, -0.15) is 0 Å². The number of ether oxygens (including phenoxy) is 2. The molecular formula is C20H29ClN4O3. The predicted octanol–water partition coefficient (Wildman–Crippen LogP) is 2.42. The minimum atomic E-state index is -0.346. The number of hydrogen-bond acceptors (Lipinski definition) is 4. The van der Waals surface area contributed by atoms with Gasteiger partial charge in [-0.05, 0) is 30.5 Å². The smallest absolute Gasteiger partial charge is 0.230 e. The zero-order chi connectivity index (χ0) is 20.1. The van der Waals surface area contributed by atoms with Crippen LogP contribution in [0, 0.1) is 5.41 Å². The van der Waals surface area contributed by atoms with Crippen molar-refractivity contribution in [3.63, 3.8) is 0 Å². The highest BCUT2D eigenvalue weighted by Crippen LogP contribution is 2.39. The summed E-state index contributed by atoms with van der Waals surface area (Å²) in [5, 5.41) is 7.17. The molecule has 2 aliphatic rings. The Hall–Kier alpha value is -2.15. The van der Waals surface area contributed by atoms with Gasteiger partial charge in [0.05, 0.1) is 10.4 Å². The minimum absolute atomic E-state index is 0.187. The highest BCUT2D eigenvalue weighted by molar-refractivity contribution is 6.32. The molecular weight excluding hydrogens is 380 g/mol. The first kappa shape index (κ1) is 20.6. The van der Waals surface area contributed by atoms with E-state index in [0.717, 1.165) is 31.2 Å². The SMILES string of the molecule is CN=C(NCc1cc(Cl)c2c(c1)OCCO2)NCC1(C(=O)N(C)C)CCCC1. The molecule has 1 saturated carbocycles. The number of hydrogen-bond donors (Lipinski definition) is 2. The quantitative estimate of drug-likeness (QED) is 0.578. The van der Waals surface area contributed by atoms with Crippen molar-refractivity contribution in [2.24, 2.45) is 10.4 Å². The van der Waals surface area contributed by atoms with Crippen LogP contribution in [0.1, 0.15) is 31.2 Å². The average Bonchev–Trinajstić information content (AvgIpc) is 3.17. The van der Waals surface area contributed by atoms with E-state index in [9.17, 15) is 4.79 Å². The maximum Gasteiger partial charge on any atom is 0.230 e. The number of nitrogens with one attached hydrogen (secondary N) is 2. The highest BCUT2D eigenvalue weighted by atomic mass is 35.5. The van der Waals surface area contributed by atoms with Crippen molar-refractivity contribution >= 4 is 23.5 Å². The Bertz CT molecular complexity index is 745. The van der Waals surface area contributed by atoms with Crippen molar-refractivity contribution in [2.75, 3.05) is 40.9 Å². The van der Waals surface area contributed by atoms with Gasteiger partial charge in [0.15, 0.2) is 17.5 Å². The molecule has 0 spiro atoms. The number of aliphatic imine (C=N–C) groups is 1. The number of benzene rings is 1. The molecule has 1 aliphatic heterocycles. The Morgan fingerprint density at radius 2 is 1.93 bits per heavy atom. The summed E-state index contributed by atoms with van der Waals surface area (Å²) in [6.07, 6.45) is 3.99. The molecule has 0 unspecified atom stereocenters. The van der Waals surface area contributed by atoms with E-state index in [1.807, 2.05) is 26.2 Å². The molecule has 2 N–H and O–H groups in total. The van der Waals surface area contributed by atoms with Gasteiger partial charge in [-0.1, -0.05) is 24.4 Å². The van der Waals surface area contributed by atoms with Gasteiger partial charge in [-0.3, -0.25) is 9.79 Å². The molecule has 28 heavy (non-hydrogen) atoms. The second kappa shape index (κ2) is 8.90. The molecule has 1 fully saturated rings. The van der Waals surface area contributed by atoms with Gasteiger partial charge in [0.1, 0.15) is 13.2 Å². The normalized spacial score (nSPS) is 17.9. The lowest BCUT2D eigenvalue weighted by Gasteiger charge is -2.31. The van der Waals surface area contributed by atoms with Crippen LogP contribution in [-0.4, -0.2) is 57.7 Å². The third-order valence-corrected chi connectivity index (χ3v) is 5.64. The third kappa shape index (κ3) is 4.46. The van der Waals surface area contributed by atoms with Crippen molar-refractivity contribution < 1.29 is 14.3 Å². The highest BCUT2D eigenvalue weighted by Gasteiger charge is 2.42. The fourth-order valence-corrected chi connectivity index (χ4v) is 4.21. The predicted molar refractivity (Wildman–Crippen MR) is 110 cm³/mol. The second-order valence-corrected chi connectivity index (χ2v) is 7.98. The van der Waals surface area contributed by atoms with Crippen molar-refractivity contribution in [3.05, 3.63) is 22.7 Å². The van der Waals surface area contributed by atoms with Crippen molar-refractivity contribution in [1.82, 2.24) is 15.5 Å². The van der Waals surface area contributed by atoms with Crippen LogP contribution in [0.5, 0.6) is 11.5 Å². The zero-order valence-electron chi connectivity index (χ0n) is 16.8. The molecule has 1 aliphatic carbocycles. The molecule has 3 rings (SSSR count). The lowest BCUT2D eigenvalue weighted by molar-refractivity contribution is -0.138. The van der Waals surface area contributed by atoms with Crippen LogP contribution >= 0.6 is 11.6 Å². The van der Waals surface area contributed by atoms with Gasteiger partial charge in [-0.15, -0.1) is 0 Å². The number of fused-ring (bicyclic) bond motifs is 1. The second-order valence-electron chi connectivity index (χ2n) is 7.57. The number of nitrogens with zero attached hydrogens (tertiary/aromatic N) is 2. The van der Waals surface area contributed by atoms with E-state index >= 15 is 0 Å². The first-order chi connectivity index (χ1) is 13.4. The van der Waals surface area contributed by atoms with Gasteiger partial charge in [0.25, 0.3) is 0 Å². The number of carbonyl (C=O) groups excluding carboxylic acids is 1. The maximum absolute atomic E-state index is 12.7. The molecule has 1 heterocycles. The average molecular weight is 409 g/mol. The van der Waals surface area contributed by atoms with Gasteiger partial charge in [0, 0.05) is 34.2 Å². The van der Waals surface area contributed by atoms with Crippen LogP contribution in [0.3, 0.4) is 0 Å². The summed E-state index contributed by atoms with van der Waals surface area (Å²) in [4.78, 5) is 18.7. The van der Waals surface area contributed by atoms with E-state index in [0.29, 0.717) is 48.8 Å². The Labute approximate surface area is 171 Å². The molecule has 1 aromatic rings. The van der Waals surface area contributed by atoms with Gasteiger partial charge < -0.3 is 25.0 Å². The summed E-state index contributed by atoms with van der Waals surface area (Å²) in [7, 11) is 5.36. The molecule has 154 valence electrons. The van der Waals surface area contributed by atoms with Crippen molar-refractivity contribution in [2.45, 2.75) is 32.2 Å². The van der Waals surface area contributed by atoms with E-state index in [4.69, 9.17) is 21.1 Å². The summed E-state index contributed by atoms with van der Waals surface area (Å²) in [5.74, 6) is 2.11. The fourth-order valence-electron chi connectivity index (χ4n) is 3.92. The van der Waals surface area contributed by atoms with E-state index in [-0.39, 0.29) is 11.3 Å². The van der Waals surface area contributed by atoms with Crippen LogP contribution < -0.4 is 20.1 Å². The largest absolute Gasteiger partial charge is 0.486 e. The standard InChI is InChI=1S/C20H29ClN4O3/c1-22-19(24-13-20(6-4-5-7-20)18(26)25(2)3)23-12-14-10-15(21)17-16(11-14)27-8-9-28-17/h10-11H,4-9,12-13H2,1-3H3,(H2,22,23,24). The van der Waals surface area contributed by atoms with E-state index < -0.39 is 0 Å². The molecule has 7 nitrogen and oxygen atoms in total. The summed E-state index contributed by atoms with van der Waals surface area (Å²) in [6, 6.07) is 3.79. The van der Waals surface area contributed by atoms with E-state index in [1.54, 1.807) is 11.9 Å². The van der Waals surface area contributed by atoms with Crippen molar-refractivity contribution in [3.8, 4) is 11.5 Å². The lowest BCUT2D eigenvalue weighted by atomic mass is 9.84. The monoisotopic (exact) mass is 408 g/mol. The molecule has 0 saturated heterocycles. The van der Waals surface area contributed by atoms with Crippen molar-refractivity contribution in [1.29, 1.82) is 0 Å². The van der Waals surface area contributed by atoms with Crippen LogP contribution in [0.15, 0.2) is 17.1 Å². The van der Waals surface area contributed by atoms with Gasteiger partial charge in [-0.25, -0.2) is 0 Å². The Balaban J connectivity index is 1.61. The maximum atomic E-state index is 12.7. The molecule has 1 amide bonds. The molecule has 0 bridgehead atoms. The summed E-state index contributed by atoms with van der Waals surface area (Å²) < 4.78 is 11.2. The van der Waals surface area contributed by atoms with E-state index in [2.05, 4.69) is 15.6 Å².